The van der Waals surface area contributed by atoms with Crippen LogP contribution in [0.2, 0.25) is 0 Å². The molecule has 0 saturated carbocycles. The van der Waals surface area contributed by atoms with Gasteiger partial charge < -0.3 is 9.64 Å². The molecule has 5 nitrogen and oxygen atoms in total. The summed E-state index contributed by atoms with van der Waals surface area (Å²) in [6, 6.07) is 9.37. The van der Waals surface area contributed by atoms with Crippen molar-refractivity contribution in [1.29, 1.82) is 0 Å². The normalized spacial score (nSPS) is 17.7. The third kappa shape index (κ3) is 3.55. The average molecular weight is 326 g/mol. The summed E-state index contributed by atoms with van der Waals surface area (Å²) >= 11 is 0. The number of esters is 1. The fraction of sp³-hybridized carbons (Fsp3) is 0.421. The summed E-state index contributed by atoms with van der Waals surface area (Å²) in [5, 5.41) is 1.02. The van der Waals surface area contributed by atoms with Crippen molar-refractivity contribution in [2.75, 3.05) is 13.2 Å². The zero-order valence-electron chi connectivity index (χ0n) is 13.9. The first-order valence-electron chi connectivity index (χ1n) is 8.49. The van der Waals surface area contributed by atoms with E-state index in [0.717, 1.165) is 29.3 Å². The molecule has 3 rings (SSSR count). The standard InChI is InChI=1S/C19H22N2O3/c1-2-24-19(23)17-9-5-6-10-21(17)18(22)12-14-11-15-7-3-4-8-16(15)20-13-14/h3-4,7-8,11,13,17H,2,5-6,9-10,12H2,1H3/t17-/m1/s1. The molecular weight excluding hydrogens is 304 g/mol. The van der Waals surface area contributed by atoms with Gasteiger partial charge in [0.15, 0.2) is 0 Å². The van der Waals surface area contributed by atoms with Crippen molar-refractivity contribution in [2.45, 2.75) is 38.6 Å². The highest BCUT2D eigenvalue weighted by Gasteiger charge is 2.32. The number of hydrogen-bond acceptors (Lipinski definition) is 4. The zero-order chi connectivity index (χ0) is 16.9. The lowest BCUT2D eigenvalue weighted by molar-refractivity contribution is -0.156. The Kier molecular flexibility index (Phi) is 5.08. The summed E-state index contributed by atoms with van der Waals surface area (Å²) < 4.78 is 5.12. The summed E-state index contributed by atoms with van der Waals surface area (Å²) in [7, 11) is 0. The highest BCUT2D eigenvalue weighted by molar-refractivity contribution is 5.87. The Hall–Kier alpha value is -2.43. The summed E-state index contributed by atoms with van der Waals surface area (Å²) in [4.78, 5) is 30.9. The zero-order valence-corrected chi connectivity index (χ0v) is 13.9. The van der Waals surface area contributed by atoms with Crippen molar-refractivity contribution in [3.63, 3.8) is 0 Å². The summed E-state index contributed by atoms with van der Waals surface area (Å²) in [5.41, 5.74) is 1.78. The number of likely N-dealkylation sites (tertiary alicyclic amines) is 1. The van der Waals surface area contributed by atoms with Gasteiger partial charge in [0.2, 0.25) is 5.91 Å². The molecule has 0 aliphatic carbocycles. The number of piperidine rings is 1. The quantitative estimate of drug-likeness (QED) is 0.811. The number of nitrogens with zero attached hydrogens (tertiary/aromatic N) is 2. The molecule has 1 fully saturated rings. The lowest BCUT2D eigenvalue weighted by atomic mass is 10.0. The number of carbonyl (C=O) groups is 2. The molecule has 0 unspecified atom stereocenters. The molecule has 24 heavy (non-hydrogen) atoms. The van der Waals surface area contributed by atoms with Gasteiger partial charge in [-0.05, 0) is 43.9 Å². The fourth-order valence-corrected chi connectivity index (χ4v) is 3.20. The van der Waals surface area contributed by atoms with E-state index in [-0.39, 0.29) is 18.3 Å². The minimum absolute atomic E-state index is 0.0372. The van der Waals surface area contributed by atoms with Crippen LogP contribution in [0.15, 0.2) is 36.5 Å². The van der Waals surface area contributed by atoms with Crippen LogP contribution in [0.1, 0.15) is 31.7 Å². The molecule has 1 amide bonds. The highest BCUT2D eigenvalue weighted by atomic mass is 16.5. The molecule has 1 atom stereocenters. The van der Waals surface area contributed by atoms with Crippen molar-refractivity contribution < 1.29 is 14.3 Å². The second-order valence-electron chi connectivity index (χ2n) is 6.06. The van der Waals surface area contributed by atoms with Crippen molar-refractivity contribution in [1.82, 2.24) is 9.88 Å². The summed E-state index contributed by atoms with van der Waals surface area (Å²) in [5.74, 6) is -0.327. The molecule has 0 N–H and O–H groups in total. The average Bonchev–Trinajstić information content (AvgIpc) is 2.62. The van der Waals surface area contributed by atoms with Crippen LogP contribution in [0.5, 0.6) is 0 Å². The lowest BCUT2D eigenvalue weighted by Gasteiger charge is -2.34. The monoisotopic (exact) mass is 326 g/mol. The van der Waals surface area contributed by atoms with E-state index in [1.807, 2.05) is 30.3 Å². The number of benzene rings is 1. The first kappa shape index (κ1) is 16.4. The first-order valence-corrected chi connectivity index (χ1v) is 8.49. The third-order valence-electron chi connectivity index (χ3n) is 4.38. The largest absolute Gasteiger partial charge is 0.464 e. The second-order valence-corrected chi connectivity index (χ2v) is 6.06. The van der Waals surface area contributed by atoms with E-state index >= 15 is 0 Å². The highest BCUT2D eigenvalue weighted by Crippen LogP contribution is 2.20. The van der Waals surface area contributed by atoms with E-state index in [2.05, 4.69) is 4.98 Å². The van der Waals surface area contributed by atoms with Gasteiger partial charge >= 0.3 is 5.97 Å². The van der Waals surface area contributed by atoms with Gasteiger partial charge in [0.05, 0.1) is 18.5 Å². The SMILES string of the molecule is CCOC(=O)[C@H]1CCCCN1C(=O)Cc1cnc2ccccc2c1. The predicted molar refractivity (Wildman–Crippen MR) is 91.4 cm³/mol. The van der Waals surface area contributed by atoms with Crippen LogP contribution < -0.4 is 0 Å². The fourth-order valence-electron chi connectivity index (χ4n) is 3.20. The van der Waals surface area contributed by atoms with Crippen molar-refractivity contribution in [3.8, 4) is 0 Å². The molecule has 1 aromatic heterocycles. The Balaban J connectivity index is 1.74. The maximum Gasteiger partial charge on any atom is 0.328 e. The van der Waals surface area contributed by atoms with E-state index in [1.54, 1.807) is 18.0 Å². The Morgan fingerprint density at radius 3 is 2.96 bits per heavy atom. The predicted octanol–water partition coefficient (Wildman–Crippen LogP) is 2.72. The minimum Gasteiger partial charge on any atom is -0.464 e. The Bertz CT molecular complexity index is 744. The molecular formula is C19H22N2O3. The number of fused-ring (bicyclic) bond motifs is 1. The number of hydrogen-bond donors (Lipinski definition) is 0. The molecule has 0 radical (unpaired) electrons. The summed E-state index contributed by atoms with van der Waals surface area (Å²) in [6.45, 7) is 2.74. The molecule has 1 saturated heterocycles. The van der Waals surface area contributed by atoms with Crippen molar-refractivity contribution >= 4 is 22.8 Å². The van der Waals surface area contributed by atoms with E-state index in [1.165, 1.54) is 0 Å². The summed E-state index contributed by atoms with van der Waals surface area (Å²) in [6.07, 6.45) is 4.56. The van der Waals surface area contributed by atoms with Crippen LogP contribution in [-0.2, 0) is 20.7 Å². The smallest absolute Gasteiger partial charge is 0.328 e. The van der Waals surface area contributed by atoms with Gasteiger partial charge in [0, 0.05) is 18.1 Å². The van der Waals surface area contributed by atoms with Crippen LogP contribution in [0.25, 0.3) is 10.9 Å². The molecule has 126 valence electrons. The van der Waals surface area contributed by atoms with Crippen molar-refractivity contribution in [2.24, 2.45) is 0 Å². The first-order chi connectivity index (χ1) is 11.7. The van der Waals surface area contributed by atoms with E-state index in [9.17, 15) is 9.59 Å². The molecule has 1 aliphatic heterocycles. The van der Waals surface area contributed by atoms with E-state index in [0.29, 0.717) is 19.6 Å². The molecule has 2 aromatic rings. The molecule has 1 aromatic carbocycles. The van der Waals surface area contributed by atoms with E-state index in [4.69, 9.17) is 4.74 Å². The maximum atomic E-state index is 12.7. The van der Waals surface area contributed by atoms with Gasteiger partial charge in [-0.3, -0.25) is 9.78 Å². The number of rotatable bonds is 4. The van der Waals surface area contributed by atoms with Crippen LogP contribution in [0.4, 0.5) is 0 Å². The van der Waals surface area contributed by atoms with Gasteiger partial charge in [0.1, 0.15) is 6.04 Å². The molecule has 0 bridgehead atoms. The maximum absolute atomic E-state index is 12.7. The van der Waals surface area contributed by atoms with Gasteiger partial charge in [-0.2, -0.15) is 0 Å². The molecule has 1 aliphatic rings. The second kappa shape index (κ2) is 7.43. The number of para-hydroxylation sites is 1. The molecule has 2 heterocycles. The Morgan fingerprint density at radius 1 is 1.29 bits per heavy atom. The van der Waals surface area contributed by atoms with Crippen LogP contribution >= 0.6 is 0 Å². The lowest BCUT2D eigenvalue weighted by Crippen LogP contribution is -2.49. The van der Waals surface area contributed by atoms with Gasteiger partial charge in [-0.25, -0.2) is 4.79 Å². The minimum atomic E-state index is -0.445. The number of ether oxygens (including phenoxy) is 1. The Morgan fingerprint density at radius 2 is 2.12 bits per heavy atom. The van der Waals surface area contributed by atoms with E-state index < -0.39 is 6.04 Å². The number of aromatic nitrogens is 1. The van der Waals surface area contributed by atoms with Crippen molar-refractivity contribution in [3.05, 3.63) is 42.1 Å². The number of amides is 1. The number of carbonyl (C=O) groups excluding carboxylic acids is 2. The Labute approximate surface area is 141 Å². The topological polar surface area (TPSA) is 59.5 Å². The van der Waals surface area contributed by atoms with Crippen LogP contribution in [0, 0.1) is 0 Å². The van der Waals surface area contributed by atoms with Gasteiger partial charge in [-0.1, -0.05) is 18.2 Å². The molecule has 5 heteroatoms. The van der Waals surface area contributed by atoms with Crippen LogP contribution in [0.3, 0.4) is 0 Å². The van der Waals surface area contributed by atoms with Gasteiger partial charge in [-0.15, -0.1) is 0 Å². The van der Waals surface area contributed by atoms with Gasteiger partial charge in [0.25, 0.3) is 0 Å². The number of pyridine rings is 1. The molecule has 0 spiro atoms. The van der Waals surface area contributed by atoms with Crippen LogP contribution in [-0.4, -0.2) is 41.0 Å². The third-order valence-corrected chi connectivity index (χ3v) is 4.38.